The van der Waals surface area contributed by atoms with Gasteiger partial charge in [-0.1, -0.05) is 13.0 Å². The topological polar surface area (TPSA) is 38.7 Å². The number of rotatable bonds is 5. The first-order chi connectivity index (χ1) is 7.90. The van der Waals surface area contributed by atoms with E-state index in [1.807, 2.05) is 0 Å². The molecule has 0 bridgehead atoms. The fourth-order valence-electron chi connectivity index (χ4n) is 1.07. The SMILES string of the molecule is CCC(O)COc1cccc(OC(F)(F)F)c1. The molecule has 96 valence electrons. The molecule has 0 spiro atoms. The second kappa shape index (κ2) is 5.77. The van der Waals surface area contributed by atoms with Crippen LogP contribution < -0.4 is 9.47 Å². The van der Waals surface area contributed by atoms with Crippen LogP contribution in [-0.2, 0) is 0 Å². The second-order valence-electron chi connectivity index (χ2n) is 3.40. The minimum atomic E-state index is -4.72. The summed E-state index contributed by atoms with van der Waals surface area (Å²) < 4.78 is 44.7. The van der Waals surface area contributed by atoms with Crippen molar-refractivity contribution >= 4 is 0 Å². The third-order valence-corrected chi connectivity index (χ3v) is 1.95. The number of aliphatic hydroxyl groups is 1. The van der Waals surface area contributed by atoms with Crippen LogP contribution in [0.5, 0.6) is 11.5 Å². The zero-order chi connectivity index (χ0) is 12.9. The Bertz CT molecular complexity index is 352. The van der Waals surface area contributed by atoms with Gasteiger partial charge in [-0.05, 0) is 18.6 Å². The van der Waals surface area contributed by atoms with Gasteiger partial charge in [0.2, 0.25) is 0 Å². The summed E-state index contributed by atoms with van der Waals surface area (Å²) in [6.07, 6.45) is -4.84. The van der Waals surface area contributed by atoms with E-state index in [1.165, 1.54) is 18.2 Å². The normalized spacial score (nSPS) is 13.2. The molecule has 1 rings (SSSR count). The summed E-state index contributed by atoms with van der Waals surface area (Å²) in [5, 5.41) is 9.24. The van der Waals surface area contributed by atoms with Gasteiger partial charge in [-0.2, -0.15) is 0 Å². The minimum absolute atomic E-state index is 0.0337. The summed E-state index contributed by atoms with van der Waals surface area (Å²) >= 11 is 0. The zero-order valence-corrected chi connectivity index (χ0v) is 9.20. The predicted octanol–water partition coefficient (Wildman–Crippen LogP) is 2.73. The Kier molecular flexibility index (Phi) is 4.62. The number of ether oxygens (including phenoxy) is 2. The maximum Gasteiger partial charge on any atom is 0.573 e. The molecule has 0 aromatic heterocycles. The molecule has 0 aliphatic rings. The van der Waals surface area contributed by atoms with Gasteiger partial charge in [-0.15, -0.1) is 13.2 Å². The molecular formula is C11H13F3O3. The molecule has 1 N–H and O–H groups in total. The highest BCUT2D eigenvalue weighted by atomic mass is 19.4. The van der Waals surface area contributed by atoms with Gasteiger partial charge in [0.25, 0.3) is 0 Å². The Labute approximate surface area is 96.8 Å². The first-order valence-corrected chi connectivity index (χ1v) is 5.07. The lowest BCUT2D eigenvalue weighted by Gasteiger charge is -2.12. The molecule has 17 heavy (non-hydrogen) atoms. The minimum Gasteiger partial charge on any atom is -0.491 e. The van der Waals surface area contributed by atoms with Gasteiger partial charge in [-0.3, -0.25) is 0 Å². The zero-order valence-electron chi connectivity index (χ0n) is 9.20. The number of aliphatic hydroxyl groups excluding tert-OH is 1. The quantitative estimate of drug-likeness (QED) is 0.873. The summed E-state index contributed by atoms with van der Waals surface area (Å²) in [4.78, 5) is 0. The van der Waals surface area contributed by atoms with Crippen molar-refractivity contribution < 1.29 is 27.8 Å². The number of hydrogen-bond acceptors (Lipinski definition) is 3. The average Bonchev–Trinajstić information content (AvgIpc) is 2.24. The Morgan fingerprint density at radius 1 is 1.29 bits per heavy atom. The Balaban J connectivity index is 2.60. The summed E-state index contributed by atoms with van der Waals surface area (Å²) in [5.41, 5.74) is 0. The smallest absolute Gasteiger partial charge is 0.491 e. The molecule has 3 nitrogen and oxygen atoms in total. The molecule has 0 saturated carbocycles. The van der Waals surface area contributed by atoms with Crippen LogP contribution in [0.1, 0.15) is 13.3 Å². The van der Waals surface area contributed by atoms with Crippen LogP contribution in [-0.4, -0.2) is 24.2 Å². The fraction of sp³-hybridized carbons (Fsp3) is 0.455. The largest absolute Gasteiger partial charge is 0.573 e. The standard InChI is InChI=1S/C11H13F3O3/c1-2-8(15)7-16-9-4-3-5-10(6-9)17-11(12,13)14/h3-6,8,15H,2,7H2,1H3. The number of alkyl halides is 3. The molecule has 6 heteroatoms. The summed E-state index contributed by atoms with van der Waals surface area (Å²) in [6.45, 7) is 1.81. The van der Waals surface area contributed by atoms with Gasteiger partial charge >= 0.3 is 6.36 Å². The lowest BCUT2D eigenvalue weighted by Crippen LogP contribution is -2.18. The van der Waals surface area contributed by atoms with Crippen molar-refractivity contribution in [1.82, 2.24) is 0 Å². The van der Waals surface area contributed by atoms with Crippen molar-refractivity contribution in [2.24, 2.45) is 0 Å². The highest BCUT2D eigenvalue weighted by Gasteiger charge is 2.31. The van der Waals surface area contributed by atoms with Gasteiger partial charge in [0.05, 0.1) is 6.10 Å². The van der Waals surface area contributed by atoms with E-state index in [0.29, 0.717) is 6.42 Å². The van der Waals surface area contributed by atoms with Crippen molar-refractivity contribution in [3.63, 3.8) is 0 Å². The highest BCUT2D eigenvalue weighted by molar-refractivity contribution is 5.33. The van der Waals surface area contributed by atoms with Crippen LogP contribution in [0.25, 0.3) is 0 Å². The van der Waals surface area contributed by atoms with Crippen LogP contribution in [0.15, 0.2) is 24.3 Å². The molecule has 1 aromatic rings. The monoisotopic (exact) mass is 250 g/mol. The second-order valence-corrected chi connectivity index (χ2v) is 3.40. The van der Waals surface area contributed by atoms with E-state index in [1.54, 1.807) is 6.92 Å². The highest BCUT2D eigenvalue weighted by Crippen LogP contribution is 2.26. The predicted molar refractivity (Wildman–Crippen MR) is 54.9 cm³/mol. The van der Waals surface area contributed by atoms with Crippen molar-refractivity contribution in [2.45, 2.75) is 25.8 Å². The maximum atomic E-state index is 11.9. The molecule has 0 saturated heterocycles. The molecule has 0 fully saturated rings. The number of halogens is 3. The van der Waals surface area contributed by atoms with Crippen molar-refractivity contribution in [2.75, 3.05) is 6.61 Å². The fourth-order valence-corrected chi connectivity index (χ4v) is 1.07. The average molecular weight is 250 g/mol. The Morgan fingerprint density at radius 3 is 2.53 bits per heavy atom. The molecule has 0 radical (unpaired) electrons. The van der Waals surface area contributed by atoms with E-state index < -0.39 is 12.5 Å². The van der Waals surface area contributed by atoms with Gasteiger partial charge in [0, 0.05) is 6.07 Å². The Morgan fingerprint density at radius 2 is 1.94 bits per heavy atom. The third-order valence-electron chi connectivity index (χ3n) is 1.95. The number of benzene rings is 1. The Hall–Kier alpha value is -1.43. The van der Waals surface area contributed by atoms with Gasteiger partial charge < -0.3 is 14.6 Å². The van der Waals surface area contributed by atoms with E-state index in [0.717, 1.165) is 6.07 Å². The van der Waals surface area contributed by atoms with Crippen molar-refractivity contribution in [3.05, 3.63) is 24.3 Å². The van der Waals surface area contributed by atoms with Crippen molar-refractivity contribution in [1.29, 1.82) is 0 Å². The van der Waals surface area contributed by atoms with Crippen molar-refractivity contribution in [3.8, 4) is 11.5 Å². The van der Waals surface area contributed by atoms with Gasteiger partial charge in [-0.25, -0.2) is 0 Å². The van der Waals surface area contributed by atoms with E-state index >= 15 is 0 Å². The molecule has 1 unspecified atom stereocenters. The molecular weight excluding hydrogens is 237 g/mol. The molecule has 0 aliphatic carbocycles. The summed E-state index contributed by atoms with van der Waals surface area (Å²) in [5.74, 6) is -0.125. The molecule has 0 heterocycles. The van der Waals surface area contributed by atoms with Crippen LogP contribution >= 0.6 is 0 Å². The van der Waals surface area contributed by atoms with Gasteiger partial charge in [0.15, 0.2) is 0 Å². The first kappa shape index (κ1) is 13.6. The molecule has 0 amide bonds. The summed E-state index contributed by atoms with van der Waals surface area (Å²) in [6, 6.07) is 5.17. The molecule has 1 atom stereocenters. The van der Waals surface area contributed by atoms with E-state index in [9.17, 15) is 18.3 Å². The summed E-state index contributed by atoms with van der Waals surface area (Å²) in [7, 11) is 0. The number of hydrogen-bond donors (Lipinski definition) is 1. The maximum absolute atomic E-state index is 11.9. The van der Waals surface area contributed by atoms with E-state index in [-0.39, 0.29) is 18.1 Å². The van der Waals surface area contributed by atoms with E-state index in [2.05, 4.69) is 4.74 Å². The molecule has 1 aromatic carbocycles. The van der Waals surface area contributed by atoms with Crippen LogP contribution in [0.3, 0.4) is 0 Å². The third kappa shape index (κ3) is 5.44. The molecule has 0 aliphatic heterocycles. The lowest BCUT2D eigenvalue weighted by atomic mass is 10.3. The van der Waals surface area contributed by atoms with Crippen LogP contribution in [0.2, 0.25) is 0 Å². The van der Waals surface area contributed by atoms with Crippen LogP contribution in [0.4, 0.5) is 13.2 Å². The van der Waals surface area contributed by atoms with E-state index in [4.69, 9.17) is 4.74 Å². The first-order valence-electron chi connectivity index (χ1n) is 5.07. The van der Waals surface area contributed by atoms with Crippen LogP contribution in [0, 0.1) is 0 Å². The lowest BCUT2D eigenvalue weighted by molar-refractivity contribution is -0.274. The van der Waals surface area contributed by atoms with Gasteiger partial charge in [0.1, 0.15) is 18.1 Å².